The molecule has 3 fully saturated rings. The molecule has 4 amide bonds. The number of ether oxygens (including phenoxy) is 1. The van der Waals surface area contributed by atoms with Crippen molar-refractivity contribution in [3.8, 4) is 0 Å². The van der Waals surface area contributed by atoms with Gasteiger partial charge in [0.25, 0.3) is 5.91 Å². The smallest absolute Gasteiger partial charge is 0.327 e. The quantitative estimate of drug-likeness (QED) is 0.675. The van der Waals surface area contributed by atoms with Crippen LogP contribution in [0, 0.1) is 0 Å². The average Bonchev–Trinajstić information content (AvgIpc) is 2.91. The lowest BCUT2D eigenvalue weighted by molar-refractivity contribution is -0.138. The molecule has 3 aliphatic rings. The van der Waals surface area contributed by atoms with Crippen LogP contribution in [-0.4, -0.2) is 60.0 Å². The number of likely N-dealkylation sites (N-methyl/N-ethyl adjacent to an activating group) is 1. The standard InChI is InChI=1S/C22H28BrN3O4/c1-25-20(29)26(19(28)22(25)8-3-2-4-9-22)15-18(27)24-21(10-12-30-13-11-21)16-6-5-7-17(23)14-16/h5-7,14H,2-4,8-13,15H2,1H3,(H,24,27). The first-order chi connectivity index (χ1) is 14.4. The van der Waals surface area contributed by atoms with Gasteiger partial charge in [-0.2, -0.15) is 0 Å². The molecule has 1 aromatic rings. The Morgan fingerprint density at radius 2 is 1.83 bits per heavy atom. The number of urea groups is 1. The van der Waals surface area contributed by atoms with Gasteiger partial charge in [0, 0.05) is 24.7 Å². The molecule has 2 heterocycles. The maximum absolute atomic E-state index is 13.2. The Morgan fingerprint density at radius 3 is 2.50 bits per heavy atom. The molecule has 1 saturated carbocycles. The Balaban J connectivity index is 1.53. The zero-order valence-electron chi connectivity index (χ0n) is 17.3. The molecule has 0 unspecified atom stereocenters. The number of carbonyl (C=O) groups excluding carboxylic acids is 3. The molecule has 0 bridgehead atoms. The zero-order chi connectivity index (χ0) is 21.4. The fourth-order valence-electron chi connectivity index (χ4n) is 5.11. The van der Waals surface area contributed by atoms with Crippen LogP contribution in [0.1, 0.15) is 50.5 Å². The first-order valence-electron chi connectivity index (χ1n) is 10.6. The van der Waals surface area contributed by atoms with Crippen molar-refractivity contribution in [2.75, 3.05) is 26.8 Å². The molecule has 4 rings (SSSR count). The van der Waals surface area contributed by atoms with Gasteiger partial charge in [0.1, 0.15) is 12.1 Å². The van der Waals surface area contributed by atoms with Crippen molar-refractivity contribution >= 4 is 33.8 Å². The van der Waals surface area contributed by atoms with Gasteiger partial charge in [0.05, 0.1) is 5.54 Å². The number of hydrogen-bond acceptors (Lipinski definition) is 4. The van der Waals surface area contributed by atoms with Crippen molar-refractivity contribution in [2.24, 2.45) is 0 Å². The SMILES string of the molecule is CN1C(=O)N(CC(=O)NC2(c3cccc(Br)c3)CCOCC2)C(=O)C12CCCCC2. The van der Waals surface area contributed by atoms with Gasteiger partial charge < -0.3 is 15.0 Å². The summed E-state index contributed by atoms with van der Waals surface area (Å²) >= 11 is 3.51. The predicted molar refractivity (Wildman–Crippen MR) is 115 cm³/mol. The topological polar surface area (TPSA) is 79.0 Å². The number of amides is 4. The summed E-state index contributed by atoms with van der Waals surface area (Å²) in [5, 5.41) is 3.15. The Morgan fingerprint density at radius 1 is 1.13 bits per heavy atom. The highest BCUT2D eigenvalue weighted by Crippen LogP contribution is 2.39. The molecule has 1 N–H and O–H groups in total. The number of halogens is 1. The number of benzene rings is 1. The molecule has 7 nitrogen and oxygen atoms in total. The number of carbonyl (C=O) groups is 3. The largest absolute Gasteiger partial charge is 0.381 e. The normalized spacial score (nSPS) is 23.1. The molecule has 1 aliphatic carbocycles. The van der Waals surface area contributed by atoms with Gasteiger partial charge in [-0.25, -0.2) is 4.79 Å². The predicted octanol–water partition coefficient (Wildman–Crippen LogP) is 3.17. The van der Waals surface area contributed by atoms with Gasteiger partial charge in [-0.15, -0.1) is 0 Å². The van der Waals surface area contributed by atoms with E-state index in [1.807, 2.05) is 24.3 Å². The summed E-state index contributed by atoms with van der Waals surface area (Å²) in [6.45, 7) is 0.834. The summed E-state index contributed by atoms with van der Waals surface area (Å²) in [6.07, 6.45) is 5.55. The van der Waals surface area contributed by atoms with Gasteiger partial charge in [-0.05, 0) is 43.4 Å². The van der Waals surface area contributed by atoms with E-state index in [1.165, 1.54) is 0 Å². The van der Waals surface area contributed by atoms with E-state index >= 15 is 0 Å². The Kier molecular flexibility index (Phi) is 5.90. The van der Waals surface area contributed by atoms with Crippen LogP contribution >= 0.6 is 15.9 Å². The highest BCUT2D eigenvalue weighted by atomic mass is 79.9. The maximum Gasteiger partial charge on any atom is 0.327 e. The van der Waals surface area contributed by atoms with Gasteiger partial charge in [0.15, 0.2) is 0 Å². The van der Waals surface area contributed by atoms with Crippen molar-refractivity contribution in [1.29, 1.82) is 0 Å². The summed E-state index contributed by atoms with van der Waals surface area (Å²) in [7, 11) is 1.69. The average molecular weight is 478 g/mol. The molecule has 0 radical (unpaired) electrons. The number of nitrogens with one attached hydrogen (secondary N) is 1. The van der Waals surface area contributed by atoms with E-state index < -0.39 is 11.1 Å². The fourth-order valence-corrected chi connectivity index (χ4v) is 5.51. The molecule has 1 aromatic carbocycles. The van der Waals surface area contributed by atoms with Crippen molar-refractivity contribution in [1.82, 2.24) is 15.1 Å². The molecular formula is C22H28BrN3O4. The highest BCUT2D eigenvalue weighted by Gasteiger charge is 2.56. The third-order valence-corrected chi connectivity index (χ3v) is 7.38. The summed E-state index contributed by atoms with van der Waals surface area (Å²) in [5.41, 5.74) is -0.344. The van der Waals surface area contributed by atoms with Gasteiger partial charge in [-0.3, -0.25) is 14.5 Å². The molecule has 30 heavy (non-hydrogen) atoms. The van der Waals surface area contributed by atoms with Crippen molar-refractivity contribution in [3.05, 3.63) is 34.3 Å². The monoisotopic (exact) mass is 477 g/mol. The van der Waals surface area contributed by atoms with Crippen LogP contribution in [0.15, 0.2) is 28.7 Å². The molecule has 8 heteroatoms. The van der Waals surface area contributed by atoms with Crippen LogP contribution in [-0.2, 0) is 19.9 Å². The molecule has 2 aliphatic heterocycles. The van der Waals surface area contributed by atoms with Gasteiger partial charge in [0.2, 0.25) is 5.91 Å². The summed E-state index contributed by atoms with van der Waals surface area (Å²) < 4.78 is 6.46. The first kappa shape index (κ1) is 21.3. The number of rotatable bonds is 4. The number of nitrogens with zero attached hydrogens (tertiary/aromatic N) is 2. The maximum atomic E-state index is 13.2. The summed E-state index contributed by atoms with van der Waals surface area (Å²) in [4.78, 5) is 41.8. The molecule has 0 aromatic heterocycles. The van der Waals surface area contributed by atoms with E-state index in [1.54, 1.807) is 11.9 Å². The van der Waals surface area contributed by atoms with E-state index in [-0.39, 0.29) is 24.4 Å². The second kappa shape index (κ2) is 8.30. The highest BCUT2D eigenvalue weighted by molar-refractivity contribution is 9.10. The number of imide groups is 1. The van der Waals surface area contributed by atoms with E-state index in [9.17, 15) is 14.4 Å². The molecule has 0 atom stereocenters. The van der Waals surface area contributed by atoms with Crippen LogP contribution in [0.5, 0.6) is 0 Å². The second-order valence-corrected chi connectivity index (χ2v) is 9.49. The fraction of sp³-hybridized carbons (Fsp3) is 0.591. The minimum atomic E-state index is -0.768. The van der Waals surface area contributed by atoms with Crippen LogP contribution in [0.3, 0.4) is 0 Å². The van der Waals surface area contributed by atoms with Crippen molar-refractivity contribution in [3.63, 3.8) is 0 Å². The third-order valence-electron chi connectivity index (χ3n) is 6.89. The lowest BCUT2D eigenvalue weighted by Gasteiger charge is -2.39. The molecule has 2 saturated heterocycles. The zero-order valence-corrected chi connectivity index (χ0v) is 18.9. The van der Waals surface area contributed by atoms with Crippen LogP contribution in [0.2, 0.25) is 0 Å². The van der Waals surface area contributed by atoms with Crippen molar-refractivity contribution in [2.45, 2.75) is 56.0 Å². The molecule has 1 spiro atoms. The second-order valence-electron chi connectivity index (χ2n) is 8.58. The van der Waals surface area contributed by atoms with Gasteiger partial charge in [-0.1, -0.05) is 47.3 Å². The van der Waals surface area contributed by atoms with Crippen LogP contribution in [0.25, 0.3) is 0 Å². The van der Waals surface area contributed by atoms with Crippen molar-refractivity contribution < 1.29 is 19.1 Å². The van der Waals surface area contributed by atoms with Gasteiger partial charge >= 0.3 is 6.03 Å². The van der Waals surface area contributed by atoms with E-state index in [2.05, 4.69) is 21.2 Å². The Labute approximate surface area is 185 Å². The summed E-state index contributed by atoms with van der Waals surface area (Å²) in [6, 6.07) is 7.51. The van der Waals surface area contributed by atoms with E-state index in [0.717, 1.165) is 34.2 Å². The van der Waals surface area contributed by atoms with Crippen LogP contribution < -0.4 is 5.32 Å². The Bertz CT molecular complexity index is 847. The van der Waals surface area contributed by atoms with Crippen LogP contribution in [0.4, 0.5) is 4.79 Å². The van der Waals surface area contributed by atoms with E-state index in [0.29, 0.717) is 38.9 Å². The number of hydrogen-bond donors (Lipinski definition) is 1. The first-order valence-corrected chi connectivity index (χ1v) is 11.4. The minimum absolute atomic E-state index is 0.228. The lowest BCUT2D eigenvalue weighted by atomic mass is 9.80. The van der Waals surface area contributed by atoms with E-state index in [4.69, 9.17) is 4.74 Å². The minimum Gasteiger partial charge on any atom is -0.381 e. The molecular weight excluding hydrogens is 450 g/mol. The summed E-state index contributed by atoms with van der Waals surface area (Å²) in [5.74, 6) is -0.548. The Hall–Kier alpha value is -1.93. The third kappa shape index (κ3) is 3.64. The molecule has 162 valence electrons. The lowest BCUT2D eigenvalue weighted by Crippen LogP contribution is -2.53.